The molecule has 1 heterocycles. The number of carbonyl (C=O) groups excluding carboxylic acids is 1. The zero-order chi connectivity index (χ0) is 17.2. The van der Waals surface area contributed by atoms with Crippen molar-refractivity contribution < 1.29 is 13.2 Å². The maximum atomic E-state index is 12.5. The number of benzene rings is 1. The number of aryl methyl sites for hydroxylation is 1. The number of nitrogens with zero attached hydrogens (tertiary/aromatic N) is 2. The van der Waals surface area contributed by atoms with Gasteiger partial charge in [-0.25, -0.2) is 8.42 Å². The number of allylic oxidation sites excluding steroid dienone is 1. The molecule has 0 N–H and O–H groups in total. The van der Waals surface area contributed by atoms with Crippen LogP contribution in [0.1, 0.15) is 41.6 Å². The van der Waals surface area contributed by atoms with Gasteiger partial charge in [0.25, 0.3) is 0 Å². The van der Waals surface area contributed by atoms with Crippen molar-refractivity contribution >= 4 is 21.7 Å². The van der Waals surface area contributed by atoms with E-state index in [9.17, 15) is 13.2 Å². The van der Waals surface area contributed by atoms with Crippen LogP contribution in [0, 0.1) is 0 Å². The Morgan fingerprint density at radius 3 is 2.46 bits per heavy atom. The number of hydrogen-bond acceptors (Lipinski definition) is 4. The van der Waals surface area contributed by atoms with E-state index < -0.39 is 9.84 Å². The summed E-state index contributed by atoms with van der Waals surface area (Å²) in [5.41, 5.74) is 1.31. The maximum absolute atomic E-state index is 12.5. The summed E-state index contributed by atoms with van der Waals surface area (Å²) in [5.74, 6) is -0.163. The Kier molecular flexibility index (Phi) is 4.66. The lowest BCUT2D eigenvalue weighted by atomic mass is 10.1. The molecule has 24 heavy (non-hydrogen) atoms. The fraction of sp³-hybridized carbons (Fsp3) is 0.333. The molecule has 1 fully saturated rings. The molecular formula is C18H20N2O3S. The molecule has 0 bridgehead atoms. The number of rotatable bonds is 5. The molecule has 1 aromatic carbocycles. The molecule has 1 aromatic heterocycles. The van der Waals surface area contributed by atoms with Gasteiger partial charge in [0, 0.05) is 24.4 Å². The summed E-state index contributed by atoms with van der Waals surface area (Å²) in [4.78, 5) is 12.5. The van der Waals surface area contributed by atoms with E-state index in [-0.39, 0.29) is 11.0 Å². The molecular weight excluding hydrogens is 324 g/mol. The molecule has 126 valence electrons. The van der Waals surface area contributed by atoms with Gasteiger partial charge >= 0.3 is 0 Å². The van der Waals surface area contributed by atoms with E-state index in [2.05, 4.69) is 5.10 Å². The number of carbonyl (C=O) groups is 1. The van der Waals surface area contributed by atoms with Crippen LogP contribution >= 0.6 is 0 Å². The molecule has 1 aliphatic carbocycles. The van der Waals surface area contributed by atoms with Gasteiger partial charge in [0.15, 0.2) is 15.6 Å². The Hall–Kier alpha value is -2.21. The molecule has 6 heteroatoms. The Morgan fingerprint density at radius 1 is 1.21 bits per heavy atom. The Labute approximate surface area is 141 Å². The molecule has 0 atom stereocenters. The first-order valence-electron chi connectivity index (χ1n) is 8.02. The predicted molar refractivity (Wildman–Crippen MR) is 92.5 cm³/mol. The quantitative estimate of drug-likeness (QED) is 0.617. The van der Waals surface area contributed by atoms with Gasteiger partial charge in [0.1, 0.15) is 0 Å². The van der Waals surface area contributed by atoms with Crippen LogP contribution in [0.2, 0.25) is 0 Å². The normalized spacial score (nSPS) is 16.0. The minimum Gasteiger partial charge on any atom is -0.289 e. The molecule has 0 saturated heterocycles. The maximum Gasteiger partial charge on any atom is 0.185 e. The van der Waals surface area contributed by atoms with E-state index in [1.165, 1.54) is 6.08 Å². The second-order valence-electron chi connectivity index (χ2n) is 6.12. The highest BCUT2D eigenvalue weighted by Crippen LogP contribution is 2.29. The molecule has 0 amide bonds. The van der Waals surface area contributed by atoms with Crippen molar-refractivity contribution in [2.24, 2.45) is 7.05 Å². The highest BCUT2D eigenvalue weighted by molar-refractivity contribution is 7.92. The molecule has 0 spiro atoms. The summed E-state index contributed by atoms with van der Waals surface area (Å²) in [6.45, 7) is 0. The topological polar surface area (TPSA) is 69.0 Å². The summed E-state index contributed by atoms with van der Waals surface area (Å²) in [7, 11) is -1.47. The minimum atomic E-state index is -3.27. The van der Waals surface area contributed by atoms with E-state index >= 15 is 0 Å². The van der Waals surface area contributed by atoms with Gasteiger partial charge < -0.3 is 0 Å². The van der Waals surface area contributed by atoms with Crippen molar-refractivity contribution in [3.8, 4) is 0 Å². The SMILES string of the molecule is Cn1cc(/C=C/C(=O)c2ccc(S(=O)(=O)C3CCCC3)cc2)cn1. The fourth-order valence-corrected chi connectivity index (χ4v) is 4.85. The van der Waals surface area contributed by atoms with Crippen molar-refractivity contribution in [3.63, 3.8) is 0 Å². The number of hydrogen-bond donors (Lipinski definition) is 0. The largest absolute Gasteiger partial charge is 0.289 e. The van der Waals surface area contributed by atoms with Gasteiger partial charge in [-0.2, -0.15) is 5.10 Å². The first-order chi connectivity index (χ1) is 11.5. The van der Waals surface area contributed by atoms with Crippen molar-refractivity contribution in [3.05, 3.63) is 53.9 Å². The molecule has 0 unspecified atom stereocenters. The summed E-state index contributed by atoms with van der Waals surface area (Å²) < 4.78 is 26.7. The monoisotopic (exact) mass is 344 g/mol. The first-order valence-corrected chi connectivity index (χ1v) is 9.56. The van der Waals surface area contributed by atoms with Gasteiger partial charge in [-0.05, 0) is 49.3 Å². The third kappa shape index (κ3) is 3.48. The van der Waals surface area contributed by atoms with E-state index in [1.54, 1.807) is 47.4 Å². The van der Waals surface area contributed by atoms with Crippen LogP contribution in [0.15, 0.2) is 47.6 Å². The minimum absolute atomic E-state index is 0.163. The van der Waals surface area contributed by atoms with Crippen LogP contribution in [0.4, 0.5) is 0 Å². The lowest BCUT2D eigenvalue weighted by molar-refractivity contribution is 0.104. The van der Waals surface area contributed by atoms with Gasteiger partial charge in [0.05, 0.1) is 16.3 Å². The van der Waals surface area contributed by atoms with Crippen molar-refractivity contribution in [2.75, 3.05) is 0 Å². The molecule has 0 radical (unpaired) electrons. The van der Waals surface area contributed by atoms with Gasteiger partial charge in [-0.15, -0.1) is 0 Å². The summed E-state index contributed by atoms with van der Waals surface area (Å²) in [5, 5.41) is 3.76. The smallest absolute Gasteiger partial charge is 0.185 e. The summed E-state index contributed by atoms with van der Waals surface area (Å²) in [6, 6.07) is 6.24. The standard InChI is InChI=1S/C18H20N2O3S/c1-20-13-14(12-19-20)6-11-18(21)15-7-9-17(10-8-15)24(22,23)16-4-2-3-5-16/h6-13,16H,2-5H2,1H3/b11-6+. The molecule has 1 saturated carbocycles. The van der Waals surface area contributed by atoms with Crippen molar-refractivity contribution in [1.29, 1.82) is 0 Å². The van der Waals surface area contributed by atoms with Crippen LogP contribution in [0.3, 0.4) is 0 Å². The Morgan fingerprint density at radius 2 is 1.88 bits per heavy atom. The zero-order valence-corrected chi connectivity index (χ0v) is 14.4. The lowest BCUT2D eigenvalue weighted by Crippen LogP contribution is -2.17. The second kappa shape index (κ2) is 6.73. The van der Waals surface area contributed by atoms with Crippen LogP contribution < -0.4 is 0 Å². The molecule has 1 aliphatic rings. The van der Waals surface area contributed by atoms with Crippen LogP contribution in [-0.2, 0) is 16.9 Å². The molecule has 0 aliphatic heterocycles. The van der Waals surface area contributed by atoms with Crippen molar-refractivity contribution in [1.82, 2.24) is 9.78 Å². The highest BCUT2D eigenvalue weighted by Gasteiger charge is 2.30. The number of aromatic nitrogens is 2. The van der Waals surface area contributed by atoms with E-state index in [0.717, 1.165) is 31.2 Å². The third-order valence-corrected chi connectivity index (χ3v) is 6.64. The van der Waals surface area contributed by atoms with E-state index in [0.29, 0.717) is 10.5 Å². The average molecular weight is 344 g/mol. The van der Waals surface area contributed by atoms with E-state index in [4.69, 9.17) is 0 Å². The van der Waals surface area contributed by atoms with Crippen LogP contribution in [0.5, 0.6) is 0 Å². The van der Waals surface area contributed by atoms with Crippen LogP contribution in [0.25, 0.3) is 6.08 Å². The van der Waals surface area contributed by atoms with Gasteiger partial charge in [-0.3, -0.25) is 9.48 Å². The lowest BCUT2D eigenvalue weighted by Gasteiger charge is -2.11. The Balaban J connectivity index is 1.74. The summed E-state index contributed by atoms with van der Waals surface area (Å²) in [6.07, 6.45) is 10.0. The van der Waals surface area contributed by atoms with Gasteiger partial charge in [-0.1, -0.05) is 12.8 Å². The second-order valence-corrected chi connectivity index (χ2v) is 8.35. The van der Waals surface area contributed by atoms with Gasteiger partial charge in [0.2, 0.25) is 0 Å². The highest BCUT2D eigenvalue weighted by atomic mass is 32.2. The molecule has 3 rings (SSSR count). The Bertz CT molecular complexity index is 858. The molecule has 2 aromatic rings. The molecule has 5 nitrogen and oxygen atoms in total. The number of ketones is 1. The fourth-order valence-electron chi connectivity index (χ4n) is 2.99. The summed E-state index contributed by atoms with van der Waals surface area (Å²) >= 11 is 0. The average Bonchev–Trinajstić information content (AvgIpc) is 3.24. The number of sulfone groups is 1. The van der Waals surface area contributed by atoms with E-state index in [1.807, 2.05) is 7.05 Å². The van der Waals surface area contributed by atoms with Crippen LogP contribution in [-0.4, -0.2) is 29.2 Å². The van der Waals surface area contributed by atoms with Crippen molar-refractivity contribution in [2.45, 2.75) is 35.8 Å². The zero-order valence-electron chi connectivity index (χ0n) is 13.6. The predicted octanol–water partition coefficient (Wildman–Crippen LogP) is 3.03. The third-order valence-electron chi connectivity index (χ3n) is 4.36. The first kappa shape index (κ1) is 16.6.